The third-order valence-electron chi connectivity index (χ3n) is 2.78. The largest absolute Gasteiger partial charge is 0.313 e. The zero-order valence-corrected chi connectivity index (χ0v) is 10.4. The quantitative estimate of drug-likeness (QED) is 0.768. The highest BCUT2D eigenvalue weighted by Crippen LogP contribution is 2.08. The second kappa shape index (κ2) is 6.26. The van der Waals surface area contributed by atoms with Gasteiger partial charge < -0.3 is 5.32 Å². The summed E-state index contributed by atoms with van der Waals surface area (Å²) in [6, 6.07) is 5.20. The standard InChI is InChI=1S/C13H17FN4/c1-10-7-11(4-5-12(10)14)8-15-6-2-3-13-16-9-17-18-13/h4-5,7,9,15H,2-3,6,8H2,1H3,(H,16,17,18). The van der Waals surface area contributed by atoms with Crippen LogP contribution in [0.25, 0.3) is 0 Å². The Balaban J connectivity index is 1.67. The van der Waals surface area contributed by atoms with E-state index >= 15 is 0 Å². The fourth-order valence-corrected chi connectivity index (χ4v) is 1.78. The lowest BCUT2D eigenvalue weighted by Crippen LogP contribution is -2.15. The van der Waals surface area contributed by atoms with E-state index < -0.39 is 0 Å². The first-order chi connectivity index (χ1) is 8.75. The molecule has 2 N–H and O–H groups in total. The second-order valence-corrected chi connectivity index (χ2v) is 4.30. The van der Waals surface area contributed by atoms with E-state index in [4.69, 9.17) is 0 Å². The summed E-state index contributed by atoms with van der Waals surface area (Å²) in [5.41, 5.74) is 1.80. The van der Waals surface area contributed by atoms with Gasteiger partial charge in [0.1, 0.15) is 18.0 Å². The van der Waals surface area contributed by atoms with Crippen molar-refractivity contribution in [3.63, 3.8) is 0 Å². The van der Waals surface area contributed by atoms with Crippen LogP contribution in [0.4, 0.5) is 4.39 Å². The number of aromatic nitrogens is 3. The van der Waals surface area contributed by atoms with Crippen molar-refractivity contribution >= 4 is 0 Å². The van der Waals surface area contributed by atoms with Crippen LogP contribution in [0.3, 0.4) is 0 Å². The summed E-state index contributed by atoms with van der Waals surface area (Å²) in [5, 5.41) is 9.95. The third-order valence-corrected chi connectivity index (χ3v) is 2.78. The highest BCUT2D eigenvalue weighted by molar-refractivity contribution is 5.23. The lowest BCUT2D eigenvalue weighted by molar-refractivity contribution is 0.612. The van der Waals surface area contributed by atoms with Crippen LogP contribution in [0.2, 0.25) is 0 Å². The van der Waals surface area contributed by atoms with Gasteiger partial charge in [0.2, 0.25) is 0 Å². The molecule has 0 unspecified atom stereocenters. The van der Waals surface area contributed by atoms with Crippen LogP contribution in [0.15, 0.2) is 24.5 Å². The lowest BCUT2D eigenvalue weighted by Gasteiger charge is -2.05. The predicted octanol–water partition coefficient (Wildman–Crippen LogP) is 1.97. The molecular formula is C13H17FN4. The average Bonchev–Trinajstić information content (AvgIpc) is 2.86. The van der Waals surface area contributed by atoms with Gasteiger partial charge in [0.05, 0.1) is 0 Å². The maximum absolute atomic E-state index is 13.1. The maximum atomic E-state index is 13.1. The smallest absolute Gasteiger partial charge is 0.137 e. The first-order valence-electron chi connectivity index (χ1n) is 6.05. The highest BCUT2D eigenvalue weighted by Gasteiger charge is 1.99. The first kappa shape index (κ1) is 12.7. The normalized spacial score (nSPS) is 10.8. The van der Waals surface area contributed by atoms with Crippen LogP contribution in [0.1, 0.15) is 23.4 Å². The summed E-state index contributed by atoms with van der Waals surface area (Å²) in [7, 11) is 0. The minimum atomic E-state index is -0.149. The van der Waals surface area contributed by atoms with Gasteiger partial charge in [0, 0.05) is 13.0 Å². The minimum Gasteiger partial charge on any atom is -0.313 e. The molecule has 0 spiro atoms. The molecule has 1 aromatic carbocycles. The van der Waals surface area contributed by atoms with Crippen LogP contribution in [0, 0.1) is 12.7 Å². The zero-order chi connectivity index (χ0) is 12.8. The van der Waals surface area contributed by atoms with Crippen LogP contribution < -0.4 is 5.32 Å². The first-order valence-corrected chi connectivity index (χ1v) is 6.05. The number of aryl methyl sites for hydroxylation is 2. The topological polar surface area (TPSA) is 53.6 Å². The van der Waals surface area contributed by atoms with Crippen LogP contribution in [0.5, 0.6) is 0 Å². The Kier molecular flexibility index (Phi) is 4.41. The van der Waals surface area contributed by atoms with Crippen LogP contribution >= 0.6 is 0 Å². The van der Waals surface area contributed by atoms with Gasteiger partial charge >= 0.3 is 0 Å². The number of nitrogens with zero attached hydrogens (tertiary/aromatic N) is 2. The van der Waals surface area contributed by atoms with E-state index in [9.17, 15) is 4.39 Å². The number of nitrogens with one attached hydrogen (secondary N) is 2. The molecule has 5 heteroatoms. The molecule has 0 saturated heterocycles. The van der Waals surface area contributed by atoms with Crippen LogP contribution in [-0.2, 0) is 13.0 Å². The number of aromatic amines is 1. The summed E-state index contributed by atoms with van der Waals surface area (Å²) in [4.78, 5) is 4.06. The van der Waals surface area contributed by atoms with Crippen molar-refractivity contribution in [2.45, 2.75) is 26.3 Å². The Morgan fingerprint density at radius 3 is 3.00 bits per heavy atom. The molecule has 0 amide bonds. The SMILES string of the molecule is Cc1cc(CNCCCc2ncn[nH]2)ccc1F. The zero-order valence-electron chi connectivity index (χ0n) is 10.4. The van der Waals surface area contributed by atoms with Crippen molar-refractivity contribution in [2.75, 3.05) is 6.54 Å². The molecular weight excluding hydrogens is 231 g/mol. The van der Waals surface area contributed by atoms with Crippen molar-refractivity contribution in [3.05, 3.63) is 47.3 Å². The number of hydrogen-bond acceptors (Lipinski definition) is 3. The summed E-state index contributed by atoms with van der Waals surface area (Å²) < 4.78 is 13.1. The molecule has 0 fully saturated rings. The average molecular weight is 248 g/mol. The summed E-state index contributed by atoms with van der Waals surface area (Å²) in [5.74, 6) is 0.762. The Morgan fingerprint density at radius 2 is 2.28 bits per heavy atom. The van der Waals surface area contributed by atoms with E-state index in [1.807, 2.05) is 12.1 Å². The minimum absolute atomic E-state index is 0.149. The van der Waals surface area contributed by atoms with Gasteiger partial charge in [-0.15, -0.1) is 0 Å². The van der Waals surface area contributed by atoms with E-state index in [2.05, 4.69) is 20.5 Å². The third kappa shape index (κ3) is 3.63. The summed E-state index contributed by atoms with van der Waals surface area (Å²) in [6.07, 6.45) is 3.40. The molecule has 2 rings (SSSR count). The van der Waals surface area contributed by atoms with Gasteiger partial charge in [-0.1, -0.05) is 12.1 Å². The van der Waals surface area contributed by atoms with E-state index in [1.165, 1.54) is 12.4 Å². The molecule has 4 nitrogen and oxygen atoms in total. The summed E-state index contributed by atoms with van der Waals surface area (Å²) in [6.45, 7) is 3.44. The predicted molar refractivity (Wildman–Crippen MR) is 67.5 cm³/mol. The number of benzene rings is 1. The highest BCUT2D eigenvalue weighted by atomic mass is 19.1. The van der Waals surface area contributed by atoms with Crippen molar-refractivity contribution in [3.8, 4) is 0 Å². The van der Waals surface area contributed by atoms with Gasteiger partial charge in [-0.25, -0.2) is 9.37 Å². The van der Waals surface area contributed by atoms with Gasteiger partial charge in [0.15, 0.2) is 0 Å². The number of H-pyrrole nitrogens is 1. The van der Waals surface area contributed by atoms with Crippen molar-refractivity contribution < 1.29 is 4.39 Å². The Morgan fingerprint density at radius 1 is 1.39 bits per heavy atom. The fourth-order valence-electron chi connectivity index (χ4n) is 1.78. The van der Waals surface area contributed by atoms with Gasteiger partial charge in [-0.2, -0.15) is 5.10 Å². The fraction of sp³-hybridized carbons (Fsp3) is 0.385. The monoisotopic (exact) mass is 248 g/mol. The van der Waals surface area contributed by atoms with E-state index in [0.29, 0.717) is 5.56 Å². The summed E-state index contributed by atoms with van der Waals surface area (Å²) >= 11 is 0. The molecule has 96 valence electrons. The number of hydrogen-bond donors (Lipinski definition) is 2. The molecule has 0 saturated carbocycles. The van der Waals surface area contributed by atoms with Gasteiger partial charge in [-0.3, -0.25) is 5.10 Å². The molecule has 1 aromatic heterocycles. The molecule has 0 bridgehead atoms. The van der Waals surface area contributed by atoms with E-state index in [1.54, 1.807) is 6.92 Å². The van der Waals surface area contributed by atoms with Crippen LogP contribution in [-0.4, -0.2) is 21.7 Å². The maximum Gasteiger partial charge on any atom is 0.137 e. The lowest BCUT2D eigenvalue weighted by atomic mass is 10.1. The number of halogens is 1. The molecule has 0 aliphatic heterocycles. The van der Waals surface area contributed by atoms with Crippen molar-refractivity contribution in [2.24, 2.45) is 0 Å². The molecule has 0 atom stereocenters. The van der Waals surface area contributed by atoms with E-state index in [-0.39, 0.29) is 5.82 Å². The molecule has 0 aliphatic carbocycles. The Bertz CT molecular complexity index is 482. The van der Waals surface area contributed by atoms with Crippen molar-refractivity contribution in [1.82, 2.24) is 20.5 Å². The second-order valence-electron chi connectivity index (χ2n) is 4.30. The Labute approximate surface area is 106 Å². The molecule has 18 heavy (non-hydrogen) atoms. The van der Waals surface area contributed by atoms with Gasteiger partial charge in [-0.05, 0) is 37.1 Å². The van der Waals surface area contributed by atoms with E-state index in [0.717, 1.165) is 37.3 Å². The molecule has 2 aromatic rings. The van der Waals surface area contributed by atoms with Crippen molar-refractivity contribution in [1.29, 1.82) is 0 Å². The van der Waals surface area contributed by atoms with Gasteiger partial charge in [0.25, 0.3) is 0 Å². The molecule has 0 radical (unpaired) electrons. The number of rotatable bonds is 6. The molecule has 1 heterocycles. The molecule has 0 aliphatic rings. The Hall–Kier alpha value is -1.75.